The molecule has 3 nitrogen and oxygen atoms in total. The summed E-state index contributed by atoms with van der Waals surface area (Å²) in [7, 11) is 0. The van der Waals surface area contributed by atoms with Crippen LogP contribution in [0.15, 0.2) is 0 Å². The van der Waals surface area contributed by atoms with E-state index in [4.69, 9.17) is 11.2 Å². The predicted octanol–water partition coefficient (Wildman–Crippen LogP) is 1.58. The minimum absolute atomic E-state index is 0.114. The standard InChI is InChI=1S/C12H21NO2/c1-5-8-11(6-2)13-9-10(4)12(14)15-7-3/h1,10-11,13H,6-9H2,2-4H3. The van der Waals surface area contributed by atoms with E-state index in [0.717, 1.165) is 6.42 Å². The fourth-order valence-electron chi connectivity index (χ4n) is 1.21. The Hall–Kier alpha value is -1.01. The Kier molecular flexibility index (Phi) is 7.75. The topological polar surface area (TPSA) is 38.3 Å². The van der Waals surface area contributed by atoms with Gasteiger partial charge in [0, 0.05) is 19.0 Å². The third-order valence-corrected chi connectivity index (χ3v) is 2.26. The van der Waals surface area contributed by atoms with Crippen molar-refractivity contribution in [1.29, 1.82) is 0 Å². The molecule has 0 aliphatic heterocycles. The maximum atomic E-state index is 11.3. The lowest BCUT2D eigenvalue weighted by atomic mass is 10.1. The lowest BCUT2D eigenvalue weighted by molar-refractivity contribution is -0.147. The van der Waals surface area contributed by atoms with E-state index in [1.165, 1.54) is 0 Å². The van der Waals surface area contributed by atoms with Gasteiger partial charge in [-0.3, -0.25) is 4.79 Å². The van der Waals surface area contributed by atoms with Gasteiger partial charge in [-0.25, -0.2) is 0 Å². The molecule has 0 amide bonds. The molecule has 0 aromatic carbocycles. The largest absolute Gasteiger partial charge is 0.466 e. The van der Waals surface area contributed by atoms with Crippen LogP contribution in [0.4, 0.5) is 0 Å². The summed E-state index contributed by atoms with van der Waals surface area (Å²) in [6.45, 7) is 6.80. The van der Waals surface area contributed by atoms with Crippen molar-refractivity contribution in [3.05, 3.63) is 0 Å². The Bertz CT molecular complexity index is 220. The second-order valence-electron chi connectivity index (χ2n) is 3.57. The monoisotopic (exact) mass is 211 g/mol. The summed E-state index contributed by atoms with van der Waals surface area (Å²) in [4.78, 5) is 11.3. The zero-order chi connectivity index (χ0) is 11.7. The molecule has 0 spiro atoms. The molecule has 15 heavy (non-hydrogen) atoms. The Morgan fingerprint density at radius 2 is 2.20 bits per heavy atom. The Morgan fingerprint density at radius 3 is 2.67 bits per heavy atom. The molecule has 0 saturated carbocycles. The van der Waals surface area contributed by atoms with Crippen LogP contribution in [0, 0.1) is 18.3 Å². The second kappa shape index (κ2) is 8.31. The average Bonchev–Trinajstić information content (AvgIpc) is 2.24. The van der Waals surface area contributed by atoms with E-state index in [1.54, 1.807) is 0 Å². The van der Waals surface area contributed by atoms with Crippen molar-refractivity contribution in [2.24, 2.45) is 5.92 Å². The maximum Gasteiger partial charge on any atom is 0.309 e. The van der Waals surface area contributed by atoms with Gasteiger partial charge in [0.05, 0.1) is 12.5 Å². The molecule has 0 aromatic rings. The SMILES string of the molecule is C#CCC(CC)NCC(C)C(=O)OCC. The van der Waals surface area contributed by atoms with Crippen LogP contribution in [0.1, 0.15) is 33.6 Å². The normalized spacial score (nSPS) is 14.0. The van der Waals surface area contributed by atoms with Crippen LogP contribution in [-0.2, 0) is 9.53 Å². The van der Waals surface area contributed by atoms with Crippen LogP contribution in [0.5, 0.6) is 0 Å². The summed E-state index contributed by atoms with van der Waals surface area (Å²) >= 11 is 0. The molecule has 0 aliphatic carbocycles. The van der Waals surface area contributed by atoms with Crippen LogP contribution < -0.4 is 5.32 Å². The molecule has 0 saturated heterocycles. The summed E-state index contributed by atoms with van der Waals surface area (Å²) in [5.74, 6) is 2.35. The van der Waals surface area contributed by atoms with Crippen molar-refractivity contribution < 1.29 is 9.53 Å². The molecule has 0 aromatic heterocycles. The number of hydrogen-bond donors (Lipinski definition) is 1. The molecule has 0 fully saturated rings. The van der Waals surface area contributed by atoms with Gasteiger partial charge in [-0.15, -0.1) is 12.3 Å². The quantitative estimate of drug-likeness (QED) is 0.513. The number of esters is 1. The number of terminal acetylenes is 1. The van der Waals surface area contributed by atoms with Gasteiger partial charge in [0.1, 0.15) is 0 Å². The first kappa shape index (κ1) is 14.0. The van der Waals surface area contributed by atoms with E-state index >= 15 is 0 Å². The van der Waals surface area contributed by atoms with Gasteiger partial charge in [0.25, 0.3) is 0 Å². The highest BCUT2D eigenvalue weighted by Gasteiger charge is 2.14. The smallest absolute Gasteiger partial charge is 0.309 e. The predicted molar refractivity (Wildman–Crippen MR) is 61.3 cm³/mol. The molecule has 0 bridgehead atoms. The molecule has 0 aliphatic rings. The van der Waals surface area contributed by atoms with Crippen LogP contribution in [0.3, 0.4) is 0 Å². The highest BCUT2D eigenvalue weighted by Crippen LogP contribution is 2.01. The lowest BCUT2D eigenvalue weighted by Crippen LogP contribution is -2.35. The number of rotatable bonds is 7. The summed E-state index contributed by atoms with van der Waals surface area (Å²) in [6.07, 6.45) is 6.91. The molecule has 86 valence electrons. The first-order valence-corrected chi connectivity index (χ1v) is 5.49. The summed E-state index contributed by atoms with van der Waals surface area (Å²) in [5.41, 5.74) is 0. The van der Waals surface area contributed by atoms with Gasteiger partial charge in [-0.2, -0.15) is 0 Å². The van der Waals surface area contributed by atoms with Crippen molar-refractivity contribution in [2.45, 2.75) is 39.7 Å². The maximum absolute atomic E-state index is 11.3. The number of hydrogen-bond acceptors (Lipinski definition) is 3. The zero-order valence-electron chi connectivity index (χ0n) is 9.88. The third-order valence-electron chi connectivity index (χ3n) is 2.26. The molecule has 0 rings (SSSR count). The third kappa shape index (κ3) is 6.14. The minimum Gasteiger partial charge on any atom is -0.466 e. The highest BCUT2D eigenvalue weighted by atomic mass is 16.5. The Balaban J connectivity index is 3.82. The van der Waals surface area contributed by atoms with Gasteiger partial charge in [-0.05, 0) is 13.3 Å². The van der Waals surface area contributed by atoms with E-state index in [9.17, 15) is 4.79 Å². The molecular formula is C12H21NO2. The zero-order valence-corrected chi connectivity index (χ0v) is 9.88. The summed E-state index contributed by atoms with van der Waals surface area (Å²) in [6, 6.07) is 0.298. The highest BCUT2D eigenvalue weighted by molar-refractivity contribution is 5.72. The van der Waals surface area contributed by atoms with E-state index < -0.39 is 0 Å². The van der Waals surface area contributed by atoms with E-state index in [2.05, 4.69) is 18.2 Å². The first-order chi connectivity index (χ1) is 7.15. The van der Waals surface area contributed by atoms with Gasteiger partial charge < -0.3 is 10.1 Å². The molecule has 0 radical (unpaired) electrons. The van der Waals surface area contributed by atoms with Gasteiger partial charge in [0.2, 0.25) is 0 Å². The molecule has 2 atom stereocenters. The van der Waals surface area contributed by atoms with Crippen molar-refractivity contribution in [3.8, 4) is 12.3 Å². The number of ether oxygens (including phenoxy) is 1. The van der Waals surface area contributed by atoms with Crippen LogP contribution in [0.2, 0.25) is 0 Å². The van der Waals surface area contributed by atoms with Crippen molar-refractivity contribution in [3.63, 3.8) is 0 Å². The van der Waals surface area contributed by atoms with E-state index in [1.807, 2.05) is 13.8 Å². The average molecular weight is 211 g/mol. The molecule has 2 unspecified atom stereocenters. The molecule has 1 N–H and O–H groups in total. The summed E-state index contributed by atoms with van der Waals surface area (Å²) in [5, 5.41) is 3.27. The van der Waals surface area contributed by atoms with E-state index in [-0.39, 0.29) is 11.9 Å². The number of nitrogens with one attached hydrogen (secondary N) is 1. The van der Waals surface area contributed by atoms with Crippen LogP contribution >= 0.6 is 0 Å². The minimum atomic E-state index is -0.152. The van der Waals surface area contributed by atoms with E-state index in [0.29, 0.717) is 25.6 Å². The lowest BCUT2D eigenvalue weighted by Gasteiger charge is -2.17. The Morgan fingerprint density at radius 1 is 1.53 bits per heavy atom. The number of carbonyl (C=O) groups is 1. The van der Waals surface area contributed by atoms with Gasteiger partial charge in [0.15, 0.2) is 0 Å². The van der Waals surface area contributed by atoms with Crippen LogP contribution in [0.25, 0.3) is 0 Å². The second-order valence-corrected chi connectivity index (χ2v) is 3.57. The fraction of sp³-hybridized carbons (Fsp3) is 0.750. The van der Waals surface area contributed by atoms with Crippen LogP contribution in [-0.4, -0.2) is 25.2 Å². The summed E-state index contributed by atoms with van der Waals surface area (Å²) < 4.78 is 4.91. The number of carbonyl (C=O) groups excluding carboxylic acids is 1. The van der Waals surface area contributed by atoms with Gasteiger partial charge >= 0.3 is 5.97 Å². The van der Waals surface area contributed by atoms with Crippen molar-refractivity contribution >= 4 is 5.97 Å². The first-order valence-electron chi connectivity index (χ1n) is 5.49. The molecule has 3 heteroatoms. The molecular weight excluding hydrogens is 190 g/mol. The fourth-order valence-corrected chi connectivity index (χ4v) is 1.21. The van der Waals surface area contributed by atoms with Gasteiger partial charge in [-0.1, -0.05) is 13.8 Å². The van der Waals surface area contributed by atoms with Crippen molar-refractivity contribution in [1.82, 2.24) is 5.32 Å². The Labute approximate surface area is 92.6 Å². The molecule has 0 heterocycles. The van der Waals surface area contributed by atoms with Crippen molar-refractivity contribution in [2.75, 3.05) is 13.2 Å².